The largest absolute Gasteiger partial charge is 0.310 e. The van der Waals surface area contributed by atoms with Gasteiger partial charge in [-0.2, -0.15) is 0 Å². The summed E-state index contributed by atoms with van der Waals surface area (Å²) < 4.78 is 0. The molecule has 1 aromatic rings. The van der Waals surface area contributed by atoms with Gasteiger partial charge in [-0.05, 0) is 41.9 Å². The van der Waals surface area contributed by atoms with E-state index in [1.54, 1.807) is 11.1 Å². The Hall–Kier alpha value is -0.820. The molecule has 1 aliphatic rings. The van der Waals surface area contributed by atoms with Crippen molar-refractivity contribution >= 4 is 0 Å². The Balaban J connectivity index is 2.18. The number of hydrogen-bond acceptors (Lipinski definition) is 1. The van der Waals surface area contributed by atoms with Gasteiger partial charge in [0.15, 0.2) is 0 Å². The van der Waals surface area contributed by atoms with Gasteiger partial charge in [-0.25, -0.2) is 0 Å². The zero-order valence-electron chi connectivity index (χ0n) is 10.7. The third-order valence-electron chi connectivity index (χ3n) is 3.54. The molecule has 1 atom stereocenters. The van der Waals surface area contributed by atoms with Crippen LogP contribution in [0.5, 0.6) is 0 Å². The van der Waals surface area contributed by atoms with Crippen molar-refractivity contribution in [3.8, 4) is 0 Å². The predicted molar refractivity (Wildman–Crippen MR) is 69.6 cm³/mol. The SMILES string of the molecule is CCc1cccc2c1CC(CC(C)C)NC2. The molecule has 2 rings (SSSR count). The molecule has 88 valence electrons. The van der Waals surface area contributed by atoms with Crippen molar-refractivity contribution in [3.05, 3.63) is 34.9 Å². The van der Waals surface area contributed by atoms with Gasteiger partial charge in [0.25, 0.3) is 0 Å². The fourth-order valence-electron chi connectivity index (χ4n) is 2.76. The highest BCUT2D eigenvalue weighted by atomic mass is 14.9. The van der Waals surface area contributed by atoms with E-state index in [0.29, 0.717) is 6.04 Å². The number of nitrogens with one attached hydrogen (secondary N) is 1. The number of aryl methyl sites for hydroxylation is 1. The van der Waals surface area contributed by atoms with Crippen molar-refractivity contribution in [1.82, 2.24) is 5.32 Å². The van der Waals surface area contributed by atoms with E-state index in [1.807, 2.05) is 0 Å². The van der Waals surface area contributed by atoms with E-state index in [-0.39, 0.29) is 0 Å². The summed E-state index contributed by atoms with van der Waals surface area (Å²) in [4.78, 5) is 0. The van der Waals surface area contributed by atoms with Crippen LogP contribution < -0.4 is 5.32 Å². The summed E-state index contributed by atoms with van der Waals surface area (Å²) in [7, 11) is 0. The van der Waals surface area contributed by atoms with Gasteiger partial charge in [-0.1, -0.05) is 39.0 Å². The van der Waals surface area contributed by atoms with Gasteiger partial charge in [0.2, 0.25) is 0 Å². The van der Waals surface area contributed by atoms with Crippen LogP contribution in [0.25, 0.3) is 0 Å². The summed E-state index contributed by atoms with van der Waals surface area (Å²) in [6.45, 7) is 7.93. The minimum absolute atomic E-state index is 0.681. The fourth-order valence-corrected chi connectivity index (χ4v) is 2.76. The highest BCUT2D eigenvalue weighted by molar-refractivity contribution is 5.37. The van der Waals surface area contributed by atoms with Crippen LogP contribution in [-0.4, -0.2) is 6.04 Å². The lowest BCUT2D eigenvalue weighted by atomic mass is 9.87. The molecule has 0 radical (unpaired) electrons. The van der Waals surface area contributed by atoms with Crippen molar-refractivity contribution < 1.29 is 0 Å². The lowest BCUT2D eigenvalue weighted by Crippen LogP contribution is -2.37. The molecule has 0 amide bonds. The zero-order chi connectivity index (χ0) is 11.5. The molecule has 0 spiro atoms. The lowest BCUT2D eigenvalue weighted by Gasteiger charge is -2.29. The minimum atomic E-state index is 0.681. The third-order valence-corrected chi connectivity index (χ3v) is 3.54. The van der Waals surface area contributed by atoms with Crippen molar-refractivity contribution in [2.24, 2.45) is 5.92 Å². The average molecular weight is 217 g/mol. The van der Waals surface area contributed by atoms with Gasteiger partial charge >= 0.3 is 0 Å². The van der Waals surface area contributed by atoms with Crippen LogP contribution in [0.4, 0.5) is 0 Å². The van der Waals surface area contributed by atoms with Gasteiger partial charge in [0, 0.05) is 12.6 Å². The molecule has 1 nitrogen and oxygen atoms in total. The first-order valence-electron chi connectivity index (χ1n) is 6.53. The second kappa shape index (κ2) is 5.01. The Morgan fingerprint density at radius 2 is 2.19 bits per heavy atom. The smallest absolute Gasteiger partial charge is 0.0211 e. The van der Waals surface area contributed by atoms with E-state index in [1.165, 1.54) is 18.4 Å². The average Bonchev–Trinajstić information content (AvgIpc) is 2.27. The van der Waals surface area contributed by atoms with Crippen molar-refractivity contribution in [3.63, 3.8) is 0 Å². The second-order valence-electron chi connectivity index (χ2n) is 5.32. The Morgan fingerprint density at radius 1 is 1.38 bits per heavy atom. The lowest BCUT2D eigenvalue weighted by molar-refractivity contribution is 0.397. The van der Waals surface area contributed by atoms with Crippen molar-refractivity contribution in [2.45, 2.75) is 52.6 Å². The monoisotopic (exact) mass is 217 g/mol. The molecule has 0 saturated heterocycles. The second-order valence-corrected chi connectivity index (χ2v) is 5.32. The van der Waals surface area contributed by atoms with Gasteiger partial charge in [0.1, 0.15) is 0 Å². The third kappa shape index (κ3) is 2.46. The molecule has 1 aromatic carbocycles. The molecule has 1 N–H and O–H groups in total. The molecule has 16 heavy (non-hydrogen) atoms. The van der Waals surface area contributed by atoms with Gasteiger partial charge in [0.05, 0.1) is 0 Å². The summed E-state index contributed by atoms with van der Waals surface area (Å²) >= 11 is 0. The standard InChI is InChI=1S/C15H23N/c1-4-12-6-5-7-13-10-16-14(8-11(2)3)9-15(12)13/h5-7,11,14,16H,4,8-10H2,1-3H3. The highest BCUT2D eigenvalue weighted by Gasteiger charge is 2.20. The van der Waals surface area contributed by atoms with E-state index in [2.05, 4.69) is 44.3 Å². The number of rotatable bonds is 3. The minimum Gasteiger partial charge on any atom is -0.310 e. The topological polar surface area (TPSA) is 12.0 Å². The van der Waals surface area contributed by atoms with E-state index in [9.17, 15) is 0 Å². The van der Waals surface area contributed by atoms with Gasteiger partial charge in [-0.15, -0.1) is 0 Å². The molecule has 0 saturated carbocycles. The van der Waals surface area contributed by atoms with Crippen LogP contribution in [0.3, 0.4) is 0 Å². The van der Waals surface area contributed by atoms with Crippen LogP contribution in [-0.2, 0) is 19.4 Å². The Labute approximate surface area is 99.3 Å². The van der Waals surface area contributed by atoms with Gasteiger partial charge < -0.3 is 5.32 Å². The van der Waals surface area contributed by atoms with Crippen LogP contribution in [0.1, 0.15) is 43.9 Å². The fraction of sp³-hybridized carbons (Fsp3) is 0.600. The molecule has 0 bridgehead atoms. The highest BCUT2D eigenvalue weighted by Crippen LogP contribution is 2.23. The molecule has 0 fully saturated rings. The quantitative estimate of drug-likeness (QED) is 0.819. The van der Waals surface area contributed by atoms with E-state index in [0.717, 1.165) is 18.9 Å². The Morgan fingerprint density at radius 3 is 2.88 bits per heavy atom. The Bertz CT molecular complexity index is 340. The van der Waals surface area contributed by atoms with Crippen LogP contribution in [0.2, 0.25) is 0 Å². The molecule has 1 heterocycles. The molecular formula is C15H23N. The number of fused-ring (bicyclic) bond motifs is 1. The molecule has 0 aromatic heterocycles. The first kappa shape index (κ1) is 11.7. The summed E-state index contributed by atoms with van der Waals surface area (Å²) in [5, 5.41) is 3.66. The van der Waals surface area contributed by atoms with Crippen molar-refractivity contribution in [2.75, 3.05) is 0 Å². The Kier molecular flexibility index (Phi) is 3.65. The number of benzene rings is 1. The zero-order valence-corrected chi connectivity index (χ0v) is 10.7. The first-order chi connectivity index (χ1) is 7.70. The normalized spacial score (nSPS) is 19.9. The molecule has 1 heteroatoms. The molecular weight excluding hydrogens is 194 g/mol. The van der Waals surface area contributed by atoms with Crippen LogP contribution in [0, 0.1) is 5.92 Å². The molecule has 1 aliphatic heterocycles. The summed E-state index contributed by atoms with van der Waals surface area (Å²) in [6.07, 6.45) is 3.67. The van der Waals surface area contributed by atoms with Crippen molar-refractivity contribution in [1.29, 1.82) is 0 Å². The number of hydrogen-bond donors (Lipinski definition) is 1. The first-order valence-corrected chi connectivity index (χ1v) is 6.53. The van der Waals surface area contributed by atoms with Crippen LogP contribution in [0.15, 0.2) is 18.2 Å². The van der Waals surface area contributed by atoms with Gasteiger partial charge in [-0.3, -0.25) is 0 Å². The molecule has 1 unspecified atom stereocenters. The molecule has 0 aliphatic carbocycles. The van der Waals surface area contributed by atoms with E-state index >= 15 is 0 Å². The maximum Gasteiger partial charge on any atom is 0.0211 e. The summed E-state index contributed by atoms with van der Waals surface area (Å²) in [5.74, 6) is 0.785. The maximum absolute atomic E-state index is 3.66. The summed E-state index contributed by atoms with van der Waals surface area (Å²) in [6, 6.07) is 7.44. The van der Waals surface area contributed by atoms with E-state index < -0.39 is 0 Å². The van der Waals surface area contributed by atoms with Crippen LogP contribution >= 0.6 is 0 Å². The maximum atomic E-state index is 3.66. The predicted octanol–water partition coefficient (Wildman–Crippen LogP) is 3.31. The van der Waals surface area contributed by atoms with E-state index in [4.69, 9.17) is 0 Å². The summed E-state index contributed by atoms with van der Waals surface area (Å²) in [5.41, 5.74) is 4.68.